The average Bonchev–Trinajstić information content (AvgIpc) is 2.92. The number of thioether (sulfide) groups is 1. The maximum atomic E-state index is 11.3. The SMILES string of the molecule is C[C@@H]1SC(NCC2C[C@@H]3CCC2C3)=NC1=O. The van der Waals surface area contributed by atoms with E-state index >= 15 is 0 Å². The highest BCUT2D eigenvalue weighted by atomic mass is 32.2. The van der Waals surface area contributed by atoms with Crippen LogP contribution in [0.3, 0.4) is 0 Å². The standard InChI is InChI=1S/C12H18N2OS/c1-7-11(15)14-12(16-7)13-6-10-5-8-2-3-9(10)4-8/h7-10H,2-6H2,1H3,(H,13,14,15)/t7-,8+,9?,10?/m0/s1. The normalized spacial score (nSPS) is 41.6. The Kier molecular flexibility index (Phi) is 2.70. The van der Waals surface area contributed by atoms with Crippen molar-refractivity contribution in [3.05, 3.63) is 0 Å². The molecule has 16 heavy (non-hydrogen) atoms. The zero-order valence-electron chi connectivity index (χ0n) is 9.61. The van der Waals surface area contributed by atoms with Crippen LogP contribution in [0.1, 0.15) is 32.6 Å². The summed E-state index contributed by atoms with van der Waals surface area (Å²) in [6.07, 6.45) is 5.71. The van der Waals surface area contributed by atoms with Crippen molar-refractivity contribution in [2.75, 3.05) is 6.54 Å². The van der Waals surface area contributed by atoms with Gasteiger partial charge < -0.3 is 5.32 Å². The molecule has 3 rings (SSSR count). The van der Waals surface area contributed by atoms with Gasteiger partial charge in [0.2, 0.25) is 0 Å². The Morgan fingerprint density at radius 3 is 2.88 bits per heavy atom. The highest BCUT2D eigenvalue weighted by Crippen LogP contribution is 2.48. The summed E-state index contributed by atoms with van der Waals surface area (Å²) >= 11 is 1.57. The lowest BCUT2D eigenvalue weighted by molar-refractivity contribution is -0.116. The first-order valence-electron chi connectivity index (χ1n) is 6.25. The lowest BCUT2D eigenvalue weighted by atomic mass is 9.89. The molecule has 0 spiro atoms. The maximum absolute atomic E-state index is 11.3. The summed E-state index contributed by atoms with van der Waals surface area (Å²) in [5.41, 5.74) is 0. The number of carbonyl (C=O) groups excluding carboxylic acids is 1. The number of amides is 1. The largest absolute Gasteiger partial charge is 0.364 e. The number of hydrogen-bond acceptors (Lipinski definition) is 3. The van der Waals surface area contributed by atoms with Crippen molar-refractivity contribution in [2.45, 2.75) is 37.9 Å². The lowest BCUT2D eigenvalue weighted by Crippen LogP contribution is -2.29. The van der Waals surface area contributed by atoms with Gasteiger partial charge in [-0.15, -0.1) is 0 Å². The predicted octanol–water partition coefficient (Wildman–Crippen LogP) is 2.03. The third-order valence-corrected chi connectivity index (χ3v) is 5.26. The van der Waals surface area contributed by atoms with Gasteiger partial charge >= 0.3 is 0 Å². The minimum atomic E-state index is 0.0143. The van der Waals surface area contributed by atoms with E-state index in [0.29, 0.717) is 0 Å². The van der Waals surface area contributed by atoms with Crippen LogP contribution in [0.25, 0.3) is 0 Å². The second-order valence-corrected chi connectivity index (χ2v) is 6.66. The molecule has 3 nitrogen and oxygen atoms in total. The summed E-state index contributed by atoms with van der Waals surface area (Å²) < 4.78 is 0. The highest BCUT2D eigenvalue weighted by molar-refractivity contribution is 8.15. The number of aliphatic imine (C=N–C) groups is 1. The smallest absolute Gasteiger partial charge is 0.261 e. The zero-order valence-corrected chi connectivity index (χ0v) is 10.4. The van der Waals surface area contributed by atoms with Crippen molar-refractivity contribution in [2.24, 2.45) is 22.7 Å². The first kappa shape index (κ1) is 10.6. The fourth-order valence-corrected chi connectivity index (χ4v) is 4.16. The first-order chi connectivity index (χ1) is 7.72. The molecule has 0 aromatic rings. The van der Waals surface area contributed by atoms with Crippen molar-refractivity contribution in [3.63, 3.8) is 0 Å². The van der Waals surface area contributed by atoms with Gasteiger partial charge in [0, 0.05) is 6.54 Å². The Balaban J connectivity index is 1.51. The van der Waals surface area contributed by atoms with Crippen LogP contribution in [0.5, 0.6) is 0 Å². The third kappa shape index (κ3) is 1.88. The van der Waals surface area contributed by atoms with E-state index in [4.69, 9.17) is 0 Å². The number of nitrogens with zero attached hydrogens (tertiary/aromatic N) is 1. The summed E-state index contributed by atoms with van der Waals surface area (Å²) in [7, 11) is 0. The molecule has 4 heteroatoms. The number of rotatable bonds is 2. The molecule has 0 saturated heterocycles. The predicted molar refractivity (Wildman–Crippen MR) is 66.4 cm³/mol. The van der Waals surface area contributed by atoms with E-state index in [0.717, 1.165) is 29.5 Å². The van der Waals surface area contributed by atoms with Gasteiger partial charge in [-0.1, -0.05) is 18.2 Å². The maximum Gasteiger partial charge on any atom is 0.261 e. The van der Waals surface area contributed by atoms with Crippen LogP contribution in [0.2, 0.25) is 0 Å². The van der Waals surface area contributed by atoms with E-state index in [1.165, 1.54) is 25.7 Å². The summed E-state index contributed by atoms with van der Waals surface area (Å²) in [5, 5.41) is 4.23. The average molecular weight is 238 g/mol. The second kappa shape index (κ2) is 4.06. The van der Waals surface area contributed by atoms with Gasteiger partial charge in [0.15, 0.2) is 5.17 Å². The minimum Gasteiger partial charge on any atom is -0.364 e. The number of hydrogen-bond donors (Lipinski definition) is 1. The number of carbonyl (C=O) groups is 1. The fraction of sp³-hybridized carbons (Fsp3) is 0.833. The van der Waals surface area contributed by atoms with Crippen molar-refractivity contribution < 1.29 is 4.79 Å². The summed E-state index contributed by atoms with van der Waals surface area (Å²) in [6.45, 7) is 2.94. The number of nitrogens with one attached hydrogen (secondary N) is 1. The molecule has 0 aromatic heterocycles. The van der Waals surface area contributed by atoms with E-state index in [1.54, 1.807) is 11.8 Å². The molecule has 0 radical (unpaired) electrons. The Hall–Kier alpha value is -0.510. The zero-order chi connectivity index (χ0) is 11.1. The lowest BCUT2D eigenvalue weighted by Gasteiger charge is -2.22. The van der Waals surface area contributed by atoms with Gasteiger partial charge in [-0.25, -0.2) is 0 Å². The van der Waals surface area contributed by atoms with E-state index < -0.39 is 0 Å². The summed E-state index contributed by atoms with van der Waals surface area (Å²) in [4.78, 5) is 15.3. The molecular formula is C12H18N2OS. The quantitative estimate of drug-likeness (QED) is 0.800. The Labute approximate surface area is 100 Å². The van der Waals surface area contributed by atoms with Crippen LogP contribution < -0.4 is 5.32 Å². The van der Waals surface area contributed by atoms with E-state index in [2.05, 4.69) is 10.3 Å². The van der Waals surface area contributed by atoms with Crippen LogP contribution in [-0.4, -0.2) is 22.9 Å². The van der Waals surface area contributed by atoms with Crippen molar-refractivity contribution in [1.29, 1.82) is 0 Å². The Morgan fingerprint density at radius 2 is 2.31 bits per heavy atom. The van der Waals surface area contributed by atoms with Gasteiger partial charge in [-0.2, -0.15) is 4.99 Å². The highest BCUT2D eigenvalue weighted by Gasteiger charge is 2.39. The van der Waals surface area contributed by atoms with E-state index in [1.807, 2.05) is 6.92 Å². The van der Waals surface area contributed by atoms with Crippen molar-refractivity contribution in [3.8, 4) is 0 Å². The van der Waals surface area contributed by atoms with Crippen molar-refractivity contribution in [1.82, 2.24) is 5.32 Å². The molecule has 88 valence electrons. The molecule has 2 bridgehead atoms. The van der Waals surface area contributed by atoms with Crippen LogP contribution in [0, 0.1) is 17.8 Å². The summed E-state index contributed by atoms with van der Waals surface area (Å²) in [6, 6.07) is 0. The molecule has 1 N–H and O–H groups in total. The fourth-order valence-electron chi connectivity index (χ4n) is 3.36. The molecule has 3 aliphatic rings. The van der Waals surface area contributed by atoms with E-state index in [-0.39, 0.29) is 11.2 Å². The van der Waals surface area contributed by atoms with Gasteiger partial charge in [-0.3, -0.25) is 4.79 Å². The van der Waals surface area contributed by atoms with Crippen LogP contribution in [-0.2, 0) is 4.79 Å². The first-order valence-corrected chi connectivity index (χ1v) is 7.13. The van der Waals surface area contributed by atoms with Crippen LogP contribution in [0.4, 0.5) is 0 Å². The van der Waals surface area contributed by atoms with E-state index in [9.17, 15) is 4.79 Å². The Bertz CT molecular complexity index is 342. The molecular weight excluding hydrogens is 220 g/mol. The molecule has 0 aromatic carbocycles. The summed E-state index contributed by atoms with van der Waals surface area (Å²) in [5.74, 6) is 2.78. The van der Waals surface area contributed by atoms with Crippen LogP contribution >= 0.6 is 11.8 Å². The van der Waals surface area contributed by atoms with Crippen LogP contribution in [0.15, 0.2) is 4.99 Å². The molecule has 4 atom stereocenters. The topological polar surface area (TPSA) is 41.5 Å². The number of fused-ring (bicyclic) bond motifs is 2. The molecule has 1 heterocycles. The second-order valence-electron chi connectivity index (χ2n) is 5.33. The third-order valence-electron chi connectivity index (χ3n) is 4.25. The van der Waals surface area contributed by atoms with Crippen molar-refractivity contribution >= 4 is 22.8 Å². The minimum absolute atomic E-state index is 0.0143. The van der Waals surface area contributed by atoms with Gasteiger partial charge in [0.25, 0.3) is 5.91 Å². The molecule has 2 unspecified atom stereocenters. The molecule has 2 saturated carbocycles. The molecule has 2 aliphatic carbocycles. The Morgan fingerprint density at radius 1 is 1.44 bits per heavy atom. The monoisotopic (exact) mass is 238 g/mol. The molecule has 1 amide bonds. The van der Waals surface area contributed by atoms with Gasteiger partial charge in [0.1, 0.15) is 0 Å². The van der Waals surface area contributed by atoms with Gasteiger partial charge in [0.05, 0.1) is 5.25 Å². The molecule has 2 fully saturated rings. The molecule has 1 aliphatic heterocycles. The van der Waals surface area contributed by atoms with Gasteiger partial charge in [-0.05, 0) is 43.9 Å². The number of amidine groups is 1.